The lowest BCUT2D eigenvalue weighted by atomic mass is 10.1. The second-order valence-electron chi connectivity index (χ2n) is 5.36. The van der Waals surface area contributed by atoms with E-state index in [0.717, 1.165) is 17.9 Å². The molecule has 0 spiro atoms. The van der Waals surface area contributed by atoms with Crippen molar-refractivity contribution in [1.82, 2.24) is 0 Å². The first-order valence-corrected chi connectivity index (χ1v) is 10.6. The quantitative estimate of drug-likeness (QED) is 0.789. The molecule has 0 bridgehead atoms. The minimum atomic E-state index is -4.30. The number of carbonyl (C=O) groups is 1. The maximum absolute atomic E-state index is 12.6. The minimum Gasteiger partial charge on any atom is -0.478 e. The minimum absolute atomic E-state index is 0.131. The normalized spacial score (nSPS) is 11.9. The first-order valence-electron chi connectivity index (χ1n) is 7.24. The van der Waals surface area contributed by atoms with Gasteiger partial charge in [0.1, 0.15) is 4.90 Å². The third-order valence-electron chi connectivity index (χ3n) is 3.51. The molecule has 0 amide bonds. The molecule has 0 aliphatic heterocycles. The molecular formula is C16H17NO6S2. The van der Waals surface area contributed by atoms with Gasteiger partial charge in [0.05, 0.1) is 16.1 Å². The average Bonchev–Trinajstić information content (AvgIpc) is 2.54. The number of aryl methyl sites for hydroxylation is 1. The van der Waals surface area contributed by atoms with Crippen LogP contribution in [0.2, 0.25) is 0 Å². The highest BCUT2D eigenvalue weighted by Gasteiger charge is 2.25. The Bertz CT molecular complexity index is 1030. The lowest BCUT2D eigenvalue weighted by Crippen LogP contribution is -2.18. The Labute approximate surface area is 146 Å². The van der Waals surface area contributed by atoms with Crippen molar-refractivity contribution >= 4 is 31.5 Å². The van der Waals surface area contributed by atoms with Gasteiger partial charge in [-0.2, -0.15) is 0 Å². The van der Waals surface area contributed by atoms with Gasteiger partial charge in [-0.25, -0.2) is 21.6 Å². The summed E-state index contributed by atoms with van der Waals surface area (Å²) in [6, 6.07) is 9.47. The van der Waals surface area contributed by atoms with Crippen molar-refractivity contribution in [3.8, 4) is 0 Å². The van der Waals surface area contributed by atoms with Crippen LogP contribution in [-0.2, 0) is 26.3 Å². The fourth-order valence-electron chi connectivity index (χ4n) is 2.26. The van der Waals surface area contributed by atoms with E-state index in [9.17, 15) is 26.7 Å². The number of sulfone groups is 1. The number of hydrogen-bond donors (Lipinski definition) is 2. The molecule has 0 unspecified atom stereocenters. The average molecular weight is 383 g/mol. The van der Waals surface area contributed by atoms with Crippen LogP contribution in [0.15, 0.2) is 52.3 Å². The molecule has 2 aromatic carbocycles. The fraction of sp³-hybridized carbons (Fsp3) is 0.188. The Morgan fingerprint density at radius 3 is 2.16 bits per heavy atom. The maximum Gasteiger partial charge on any atom is 0.337 e. The molecule has 0 heterocycles. The molecule has 134 valence electrons. The van der Waals surface area contributed by atoms with Crippen LogP contribution in [0.25, 0.3) is 0 Å². The van der Waals surface area contributed by atoms with E-state index in [4.69, 9.17) is 0 Å². The predicted octanol–water partition coefficient (Wildman–Crippen LogP) is 2.15. The number of anilines is 1. The lowest BCUT2D eigenvalue weighted by Gasteiger charge is -2.13. The van der Waals surface area contributed by atoms with Crippen molar-refractivity contribution in [3.63, 3.8) is 0 Å². The smallest absolute Gasteiger partial charge is 0.337 e. The van der Waals surface area contributed by atoms with E-state index in [2.05, 4.69) is 4.72 Å². The summed E-state index contributed by atoms with van der Waals surface area (Å²) in [4.78, 5) is 10.6. The summed E-state index contributed by atoms with van der Waals surface area (Å²) >= 11 is 0. The fourth-order valence-corrected chi connectivity index (χ4v) is 4.97. The van der Waals surface area contributed by atoms with Gasteiger partial charge in [0.2, 0.25) is 0 Å². The highest BCUT2D eigenvalue weighted by atomic mass is 32.2. The zero-order valence-corrected chi connectivity index (χ0v) is 15.2. The molecule has 0 saturated carbocycles. The van der Waals surface area contributed by atoms with Gasteiger partial charge in [0, 0.05) is 6.26 Å². The number of aromatic carboxylic acids is 1. The van der Waals surface area contributed by atoms with Crippen LogP contribution in [0.1, 0.15) is 22.8 Å². The molecule has 0 aromatic heterocycles. The topological polar surface area (TPSA) is 118 Å². The van der Waals surface area contributed by atoms with E-state index < -0.39 is 30.7 Å². The van der Waals surface area contributed by atoms with Crippen LogP contribution in [0.5, 0.6) is 0 Å². The highest BCUT2D eigenvalue weighted by Crippen LogP contribution is 2.26. The summed E-state index contributed by atoms with van der Waals surface area (Å²) in [5, 5.41) is 9.31. The van der Waals surface area contributed by atoms with Crippen molar-refractivity contribution in [2.24, 2.45) is 0 Å². The molecule has 0 aliphatic rings. The third kappa shape index (κ3) is 4.18. The molecule has 9 heteroatoms. The Kier molecular flexibility index (Phi) is 5.19. The third-order valence-corrected chi connectivity index (χ3v) is 6.21. The SMILES string of the molecule is CCc1ccc(NS(=O)(=O)c2ccccc2S(C)(=O)=O)c(C(=O)O)c1. The summed E-state index contributed by atoms with van der Waals surface area (Å²) < 4.78 is 51.1. The van der Waals surface area contributed by atoms with Crippen LogP contribution in [0, 0.1) is 0 Å². The van der Waals surface area contributed by atoms with Crippen molar-refractivity contribution in [3.05, 3.63) is 53.6 Å². The molecule has 0 aliphatic carbocycles. The molecule has 25 heavy (non-hydrogen) atoms. The lowest BCUT2D eigenvalue weighted by molar-refractivity contribution is 0.0698. The number of hydrogen-bond acceptors (Lipinski definition) is 5. The van der Waals surface area contributed by atoms with Gasteiger partial charge in [-0.05, 0) is 36.2 Å². The number of nitrogens with one attached hydrogen (secondary N) is 1. The number of rotatable bonds is 6. The summed E-state index contributed by atoms with van der Waals surface area (Å²) in [6.45, 7) is 1.84. The van der Waals surface area contributed by atoms with Gasteiger partial charge in [0.15, 0.2) is 9.84 Å². The van der Waals surface area contributed by atoms with Gasteiger partial charge < -0.3 is 5.11 Å². The molecular weight excluding hydrogens is 366 g/mol. The van der Waals surface area contributed by atoms with Crippen molar-refractivity contribution in [2.45, 2.75) is 23.1 Å². The highest BCUT2D eigenvalue weighted by molar-refractivity contribution is 7.95. The van der Waals surface area contributed by atoms with Crippen LogP contribution >= 0.6 is 0 Å². The van der Waals surface area contributed by atoms with Crippen molar-refractivity contribution in [1.29, 1.82) is 0 Å². The largest absolute Gasteiger partial charge is 0.478 e. The van der Waals surface area contributed by atoms with E-state index >= 15 is 0 Å². The maximum atomic E-state index is 12.6. The van der Waals surface area contributed by atoms with Gasteiger partial charge in [-0.1, -0.05) is 25.1 Å². The monoisotopic (exact) mass is 383 g/mol. The predicted molar refractivity (Wildman–Crippen MR) is 93.1 cm³/mol. The number of carboxylic acid groups (broad SMARTS) is 1. The zero-order valence-electron chi connectivity index (χ0n) is 13.6. The Balaban J connectivity index is 2.57. The van der Waals surface area contributed by atoms with Crippen LogP contribution in [-0.4, -0.2) is 34.2 Å². The van der Waals surface area contributed by atoms with E-state index in [0.29, 0.717) is 6.42 Å². The Hall–Kier alpha value is -2.39. The number of sulfonamides is 1. The van der Waals surface area contributed by atoms with E-state index in [1.807, 2.05) is 6.92 Å². The molecule has 2 N–H and O–H groups in total. The van der Waals surface area contributed by atoms with Crippen LogP contribution < -0.4 is 4.72 Å². The molecule has 0 radical (unpaired) electrons. The summed E-state index contributed by atoms with van der Waals surface area (Å²) in [5.41, 5.74) is 0.393. The van der Waals surface area contributed by atoms with Gasteiger partial charge in [-0.3, -0.25) is 4.72 Å². The van der Waals surface area contributed by atoms with Gasteiger partial charge >= 0.3 is 5.97 Å². The van der Waals surface area contributed by atoms with Gasteiger partial charge in [-0.15, -0.1) is 0 Å². The Morgan fingerprint density at radius 1 is 1.04 bits per heavy atom. The molecule has 2 aromatic rings. The van der Waals surface area contributed by atoms with E-state index in [-0.39, 0.29) is 16.1 Å². The standard InChI is InChI=1S/C16H17NO6S2/c1-3-11-8-9-13(12(10-11)16(18)19)17-25(22,23)15-7-5-4-6-14(15)24(2,20)21/h4-10,17H,3H2,1-2H3,(H,18,19). The second kappa shape index (κ2) is 6.85. The molecule has 0 atom stereocenters. The van der Waals surface area contributed by atoms with Crippen LogP contribution in [0.4, 0.5) is 5.69 Å². The summed E-state index contributed by atoms with van der Waals surface area (Å²) in [7, 11) is -8.08. The molecule has 0 saturated heterocycles. The molecule has 2 rings (SSSR count). The van der Waals surface area contributed by atoms with E-state index in [1.165, 1.54) is 30.3 Å². The second-order valence-corrected chi connectivity index (χ2v) is 9.00. The van der Waals surface area contributed by atoms with Gasteiger partial charge in [0.25, 0.3) is 10.0 Å². The molecule has 7 nitrogen and oxygen atoms in total. The zero-order chi connectivity index (χ0) is 18.8. The van der Waals surface area contributed by atoms with Crippen molar-refractivity contribution in [2.75, 3.05) is 11.0 Å². The van der Waals surface area contributed by atoms with E-state index in [1.54, 1.807) is 6.07 Å². The number of benzene rings is 2. The Morgan fingerprint density at radius 2 is 1.64 bits per heavy atom. The first-order chi connectivity index (χ1) is 11.6. The van der Waals surface area contributed by atoms with Crippen molar-refractivity contribution < 1.29 is 26.7 Å². The first kappa shape index (κ1) is 18.9. The molecule has 0 fully saturated rings. The summed E-state index contributed by atoms with van der Waals surface area (Å²) in [5.74, 6) is -1.29. The summed E-state index contributed by atoms with van der Waals surface area (Å²) in [6.07, 6.45) is 1.49. The van der Waals surface area contributed by atoms with Crippen LogP contribution in [0.3, 0.4) is 0 Å². The number of carboxylic acids is 1.